The molecule has 47 heavy (non-hydrogen) atoms. The molecule has 0 saturated heterocycles. The summed E-state index contributed by atoms with van der Waals surface area (Å²) in [6.07, 6.45) is 0. The summed E-state index contributed by atoms with van der Waals surface area (Å²) in [5.41, 5.74) is 10.6. The summed E-state index contributed by atoms with van der Waals surface area (Å²) in [4.78, 5) is 8.94. The summed E-state index contributed by atoms with van der Waals surface area (Å²) in [5, 5.41) is 6.18. The molecule has 2 aromatic heterocycles. The van der Waals surface area contributed by atoms with E-state index in [1.54, 1.807) is 11.3 Å². The second-order valence-corrected chi connectivity index (χ2v) is 14.0. The van der Waals surface area contributed by atoms with E-state index in [-0.39, 0.29) is 0 Å². The zero-order valence-corrected chi connectivity index (χ0v) is 26.9. The van der Waals surface area contributed by atoms with Gasteiger partial charge in [-0.1, -0.05) is 127 Å². The quantitative estimate of drug-likeness (QED) is 0.187. The molecule has 0 spiro atoms. The van der Waals surface area contributed by atoms with Crippen molar-refractivity contribution in [3.8, 4) is 43.4 Å². The summed E-state index contributed by atoms with van der Waals surface area (Å²) in [6.45, 7) is 0. The lowest BCUT2D eigenvalue weighted by molar-refractivity contribution is 1.32. The summed E-state index contributed by atoms with van der Waals surface area (Å²) in [6, 6.07) is 57.0. The number of rotatable bonds is 5. The molecule has 4 heteroatoms. The molecule has 1 aliphatic carbocycles. The Kier molecular flexibility index (Phi) is 5.95. The third-order valence-electron chi connectivity index (χ3n) is 9.24. The molecule has 7 aromatic carbocycles. The Hall–Kier alpha value is -5.55. The van der Waals surface area contributed by atoms with Gasteiger partial charge in [0.1, 0.15) is 5.01 Å². The zero-order valence-electron chi connectivity index (χ0n) is 25.2. The zero-order chi connectivity index (χ0) is 30.9. The van der Waals surface area contributed by atoms with Gasteiger partial charge in [0.15, 0.2) is 0 Å². The Balaban J connectivity index is 1.22. The molecular weight excluding hydrogens is 609 g/mol. The van der Waals surface area contributed by atoms with Crippen molar-refractivity contribution < 1.29 is 0 Å². The van der Waals surface area contributed by atoms with Crippen molar-refractivity contribution in [2.24, 2.45) is 0 Å². The molecule has 0 bridgehead atoms. The minimum absolute atomic E-state index is 1.07. The maximum Gasteiger partial charge on any atom is 0.124 e. The van der Waals surface area contributed by atoms with E-state index < -0.39 is 0 Å². The van der Waals surface area contributed by atoms with E-state index in [2.05, 4.69) is 163 Å². The van der Waals surface area contributed by atoms with Gasteiger partial charge in [-0.05, 0) is 41.5 Å². The van der Waals surface area contributed by atoms with Gasteiger partial charge in [0.05, 0.1) is 26.6 Å². The number of hydrogen-bond acceptors (Lipinski definition) is 4. The Morgan fingerprint density at radius 2 is 1.17 bits per heavy atom. The smallest absolute Gasteiger partial charge is 0.124 e. The van der Waals surface area contributed by atoms with Crippen molar-refractivity contribution in [3.63, 3.8) is 0 Å². The first-order valence-electron chi connectivity index (χ1n) is 15.8. The molecule has 2 heterocycles. The minimum atomic E-state index is 1.07. The lowest BCUT2D eigenvalue weighted by Crippen LogP contribution is -2.11. The van der Waals surface area contributed by atoms with Crippen LogP contribution in [0, 0.1) is 0 Å². The second kappa shape index (κ2) is 10.5. The topological polar surface area (TPSA) is 16.1 Å². The van der Waals surface area contributed by atoms with Crippen LogP contribution in [-0.2, 0) is 0 Å². The van der Waals surface area contributed by atoms with E-state index in [0.717, 1.165) is 22.0 Å². The van der Waals surface area contributed by atoms with Crippen LogP contribution in [0.1, 0.15) is 0 Å². The summed E-state index contributed by atoms with van der Waals surface area (Å²) >= 11 is 3.66. The van der Waals surface area contributed by atoms with Crippen LogP contribution in [0.3, 0.4) is 0 Å². The molecule has 9 aromatic rings. The van der Waals surface area contributed by atoms with Crippen LogP contribution in [0.15, 0.2) is 158 Å². The summed E-state index contributed by atoms with van der Waals surface area (Å²) in [7, 11) is 0. The van der Waals surface area contributed by atoms with Gasteiger partial charge in [-0.3, -0.25) is 0 Å². The predicted molar refractivity (Wildman–Crippen MR) is 202 cm³/mol. The number of fused-ring (bicyclic) bond motifs is 6. The SMILES string of the molecule is c1ccc(-c2cccc(N(c3ccc4c5c(cccc35)-c3nc(-c5ccccc5)sc3-4)c3cccc4c3sc3ccccc34)c2)cc1. The van der Waals surface area contributed by atoms with Gasteiger partial charge in [0, 0.05) is 48.6 Å². The molecule has 0 amide bonds. The number of benzene rings is 7. The number of thiophene rings is 1. The maximum absolute atomic E-state index is 5.21. The standard InChI is InChI=1S/C43H26N2S2/c1-3-12-27(13-4-1)29-16-9-17-30(26-29)45(37-22-11-19-32-31-18-7-8-23-38(31)46-41(32)37)36-25-24-35-39-33(36)20-10-21-34(39)40-42(35)47-43(44-40)28-14-5-2-6-15-28/h1-26H. The first-order chi connectivity index (χ1) is 23.3. The van der Waals surface area contributed by atoms with Crippen LogP contribution >= 0.6 is 22.7 Å². The van der Waals surface area contributed by atoms with E-state index in [9.17, 15) is 0 Å². The van der Waals surface area contributed by atoms with E-state index in [4.69, 9.17) is 4.98 Å². The number of nitrogens with zero attached hydrogens (tertiary/aromatic N) is 2. The summed E-state index contributed by atoms with van der Waals surface area (Å²) in [5.74, 6) is 0. The van der Waals surface area contributed by atoms with Gasteiger partial charge < -0.3 is 4.90 Å². The Bertz CT molecular complexity index is 2610. The minimum Gasteiger partial charge on any atom is -0.308 e. The van der Waals surface area contributed by atoms with Crippen LogP contribution in [-0.4, -0.2) is 4.98 Å². The highest BCUT2D eigenvalue weighted by molar-refractivity contribution is 7.26. The van der Waals surface area contributed by atoms with Crippen molar-refractivity contribution in [2.75, 3.05) is 4.90 Å². The average Bonchev–Trinajstić information content (AvgIpc) is 3.83. The first kappa shape index (κ1) is 26.6. The van der Waals surface area contributed by atoms with Gasteiger partial charge in [-0.15, -0.1) is 22.7 Å². The van der Waals surface area contributed by atoms with Crippen molar-refractivity contribution in [3.05, 3.63) is 158 Å². The Labute approximate surface area is 280 Å². The molecule has 0 radical (unpaired) electrons. The summed E-state index contributed by atoms with van der Waals surface area (Å²) < 4.78 is 2.59. The van der Waals surface area contributed by atoms with E-state index in [1.165, 1.54) is 69.5 Å². The Morgan fingerprint density at radius 3 is 2.04 bits per heavy atom. The van der Waals surface area contributed by atoms with E-state index in [1.807, 2.05) is 11.3 Å². The molecule has 0 N–H and O–H groups in total. The Morgan fingerprint density at radius 1 is 0.468 bits per heavy atom. The highest BCUT2D eigenvalue weighted by Gasteiger charge is 2.29. The predicted octanol–water partition coefficient (Wildman–Crippen LogP) is 13.1. The highest BCUT2D eigenvalue weighted by Crippen LogP contribution is 2.54. The third kappa shape index (κ3) is 4.12. The van der Waals surface area contributed by atoms with Crippen molar-refractivity contribution in [2.45, 2.75) is 0 Å². The van der Waals surface area contributed by atoms with E-state index in [0.29, 0.717) is 0 Å². The molecule has 0 fully saturated rings. The average molecular weight is 635 g/mol. The molecule has 1 aliphatic rings. The largest absolute Gasteiger partial charge is 0.308 e. The normalized spacial score (nSPS) is 11.8. The van der Waals surface area contributed by atoms with Crippen LogP contribution in [0.4, 0.5) is 17.1 Å². The molecule has 0 aliphatic heterocycles. The molecule has 0 unspecified atom stereocenters. The first-order valence-corrected chi connectivity index (χ1v) is 17.4. The third-order valence-corrected chi connectivity index (χ3v) is 11.6. The lowest BCUT2D eigenvalue weighted by Gasteiger charge is -2.28. The number of hydrogen-bond donors (Lipinski definition) is 0. The van der Waals surface area contributed by atoms with Crippen molar-refractivity contribution in [1.82, 2.24) is 4.98 Å². The van der Waals surface area contributed by atoms with Gasteiger partial charge >= 0.3 is 0 Å². The van der Waals surface area contributed by atoms with Crippen molar-refractivity contribution in [1.29, 1.82) is 0 Å². The maximum atomic E-state index is 5.21. The molecule has 220 valence electrons. The number of aromatic nitrogens is 1. The highest BCUT2D eigenvalue weighted by atomic mass is 32.1. The van der Waals surface area contributed by atoms with Crippen LogP contribution < -0.4 is 4.90 Å². The van der Waals surface area contributed by atoms with Crippen molar-refractivity contribution >= 4 is 70.7 Å². The fourth-order valence-corrected chi connectivity index (χ4v) is 9.46. The van der Waals surface area contributed by atoms with Gasteiger partial charge in [-0.25, -0.2) is 4.98 Å². The molecular formula is C43H26N2S2. The molecule has 0 saturated carbocycles. The van der Waals surface area contributed by atoms with Gasteiger partial charge in [0.25, 0.3) is 0 Å². The van der Waals surface area contributed by atoms with E-state index >= 15 is 0 Å². The fraction of sp³-hybridized carbons (Fsp3) is 0. The van der Waals surface area contributed by atoms with Crippen LogP contribution in [0.25, 0.3) is 74.3 Å². The number of thiazole rings is 1. The molecule has 2 nitrogen and oxygen atoms in total. The molecule has 10 rings (SSSR count). The van der Waals surface area contributed by atoms with Crippen LogP contribution in [0.5, 0.6) is 0 Å². The lowest BCUT2D eigenvalue weighted by atomic mass is 10.00. The molecule has 0 atom stereocenters. The monoisotopic (exact) mass is 634 g/mol. The van der Waals surface area contributed by atoms with Gasteiger partial charge in [-0.2, -0.15) is 0 Å². The fourth-order valence-electron chi connectivity index (χ4n) is 7.13. The van der Waals surface area contributed by atoms with Crippen LogP contribution in [0.2, 0.25) is 0 Å². The second-order valence-electron chi connectivity index (χ2n) is 11.9. The van der Waals surface area contributed by atoms with Gasteiger partial charge in [0.2, 0.25) is 0 Å². The number of anilines is 3.